The molecule has 408 valence electrons. The van der Waals surface area contributed by atoms with Crippen LogP contribution in [0.1, 0.15) is 119 Å². The second-order valence-electron chi connectivity index (χ2n) is 20.3. The van der Waals surface area contributed by atoms with Gasteiger partial charge in [-0.25, -0.2) is 15.0 Å². The Kier molecular flexibility index (Phi) is 19.4. The van der Waals surface area contributed by atoms with Gasteiger partial charge in [-0.3, -0.25) is 28.7 Å². The van der Waals surface area contributed by atoms with Gasteiger partial charge < -0.3 is 46.6 Å². The fourth-order valence-electron chi connectivity index (χ4n) is 9.02. The largest absolute Gasteiger partial charge is 0.494 e. The lowest BCUT2D eigenvalue weighted by atomic mass is 9.85. The monoisotopic (exact) mass is 1070 g/mol. The number of aromatic nitrogens is 7. The van der Waals surface area contributed by atoms with Crippen LogP contribution in [0.4, 0.5) is 23.0 Å². The summed E-state index contributed by atoms with van der Waals surface area (Å²) in [7, 11) is 4.82. The number of aliphatic hydroxyl groups excluding tert-OH is 1. The van der Waals surface area contributed by atoms with E-state index >= 15 is 0 Å². The summed E-state index contributed by atoms with van der Waals surface area (Å²) >= 11 is 1.57. The number of ether oxygens (including phenoxy) is 1. The number of anilines is 4. The van der Waals surface area contributed by atoms with E-state index in [2.05, 4.69) is 62.1 Å². The Labute approximate surface area is 452 Å². The van der Waals surface area contributed by atoms with E-state index < -0.39 is 35.4 Å². The molecule has 1 saturated heterocycles. The summed E-state index contributed by atoms with van der Waals surface area (Å²) in [5, 5.41) is 41.4. The summed E-state index contributed by atoms with van der Waals surface area (Å²) in [6, 6.07) is 16.5. The Hall–Kier alpha value is -7.85. The van der Waals surface area contributed by atoms with Gasteiger partial charge in [-0.15, -0.1) is 21.5 Å². The molecule has 0 radical (unpaired) electrons. The highest BCUT2D eigenvalue weighted by molar-refractivity contribution is 7.13. The van der Waals surface area contributed by atoms with E-state index in [1.165, 1.54) is 11.9 Å². The maximum Gasteiger partial charge on any atom is 0.273 e. The van der Waals surface area contributed by atoms with Gasteiger partial charge in [0, 0.05) is 58.7 Å². The number of methoxy groups -OCH3 is 1. The average molecular weight is 1070 g/mol. The molecule has 22 heteroatoms. The molecule has 0 unspecified atom stereocenters. The standard InChI is InChI=1S/C55H70N14O7S/c1-33(36-21-23-37(24-22-36)49-34(2)60-32-77-49)61-52(73)42-26-38(70)30-69(42)54(75)50(55(3,4)5)64-46(72)19-14-12-10-9-11-13-18-45(71)58-29-35-20-25-43(57-28-35)63-44-27-41(47(66-65-44)53(74)56-6)62-40-17-15-16-39(48(40)76-8)51-59-31-68(7)67-51/h15-17,20-25,27-28,31-33,38,42,50,70H,9-14,18-19,26,29-30H2,1-8H3,(H,56,74)(H,58,71)(H,61,73)(H,64,72)(H2,57,62,63,65)/t33-,38+,42-,50+/m0/s1. The molecular weight excluding hydrogens is 1000 g/mol. The second kappa shape index (κ2) is 26.3. The van der Waals surface area contributed by atoms with Gasteiger partial charge in [-0.2, -0.15) is 5.10 Å². The van der Waals surface area contributed by atoms with Gasteiger partial charge in [0.1, 0.15) is 24.2 Å². The highest BCUT2D eigenvalue weighted by Gasteiger charge is 2.44. The number of para-hydroxylation sites is 1. The first-order valence-electron chi connectivity index (χ1n) is 25.9. The highest BCUT2D eigenvalue weighted by atomic mass is 32.1. The van der Waals surface area contributed by atoms with E-state index in [-0.39, 0.29) is 48.8 Å². The third-order valence-electron chi connectivity index (χ3n) is 13.3. The molecule has 5 amide bonds. The van der Waals surface area contributed by atoms with Crippen molar-refractivity contribution in [3.63, 3.8) is 0 Å². The SMILES string of the molecule is CNC(=O)c1nnc(Nc2ccc(CNC(=O)CCCCCCCCC(=O)N[C@H](C(=O)N3C[C@H](O)C[C@H]3C(=O)N[C@@H](C)c3ccc(-c4scnc4C)cc3)C(C)(C)C)cn2)cc1Nc1cccc(-c2ncn(C)n2)c1OC. The number of likely N-dealkylation sites (tertiary alicyclic amines) is 1. The van der Waals surface area contributed by atoms with Crippen LogP contribution in [0.5, 0.6) is 5.75 Å². The van der Waals surface area contributed by atoms with Crippen LogP contribution in [0.15, 0.2) is 78.7 Å². The number of thiazole rings is 1. The third kappa shape index (κ3) is 15.2. The summed E-state index contributed by atoms with van der Waals surface area (Å²) in [6.07, 6.45) is 7.98. The molecule has 0 spiro atoms. The fraction of sp³-hybridized carbons (Fsp3) is 0.436. The minimum atomic E-state index is -0.895. The molecule has 6 aromatic rings. The first-order chi connectivity index (χ1) is 36.9. The molecule has 0 bridgehead atoms. The second-order valence-corrected chi connectivity index (χ2v) is 21.1. The number of aryl methyl sites for hydroxylation is 2. The lowest BCUT2D eigenvalue weighted by molar-refractivity contribution is -0.144. The number of β-amino-alcohol motifs (C(OH)–C–C–N with tert-alkyl or cyclic N) is 1. The zero-order chi connectivity index (χ0) is 55.2. The number of nitrogens with zero attached hydrogens (tertiary/aromatic N) is 8. The summed E-state index contributed by atoms with van der Waals surface area (Å²) in [6.45, 7) is 9.78. The van der Waals surface area contributed by atoms with Crippen molar-refractivity contribution in [1.29, 1.82) is 0 Å². The Balaban J connectivity index is 0.798. The minimum Gasteiger partial charge on any atom is -0.494 e. The van der Waals surface area contributed by atoms with Gasteiger partial charge in [0.25, 0.3) is 5.91 Å². The summed E-state index contributed by atoms with van der Waals surface area (Å²) in [4.78, 5) is 82.2. The number of carbonyl (C=O) groups excluding carboxylic acids is 5. The van der Waals surface area contributed by atoms with Crippen LogP contribution in [-0.2, 0) is 32.8 Å². The van der Waals surface area contributed by atoms with Crippen molar-refractivity contribution in [3.8, 4) is 27.6 Å². The molecule has 4 aromatic heterocycles. The summed E-state index contributed by atoms with van der Waals surface area (Å²) in [5.74, 6) is 0.248. The molecule has 7 N–H and O–H groups in total. The molecular formula is C55H70N14O7S. The molecule has 0 aliphatic carbocycles. The van der Waals surface area contributed by atoms with Gasteiger partial charge in [0.15, 0.2) is 23.1 Å². The van der Waals surface area contributed by atoms with E-state index in [0.717, 1.165) is 59.4 Å². The minimum absolute atomic E-state index is 0.00186. The van der Waals surface area contributed by atoms with Gasteiger partial charge in [-0.1, -0.05) is 82.9 Å². The lowest BCUT2D eigenvalue weighted by Gasteiger charge is -2.35. The number of pyridine rings is 1. The van der Waals surface area contributed by atoms with Crippen LogP contribution >= 0.6 is 11.3 Å². The first kappa shape index (κ1) is 56.9. The van der Waals surface area contributed by atoms with Crippen molar-refractivity contribution in [1.82, 2.24) is 61.1 Å². The normalized spacial score (nSPS) is 15.1. The number of carbonyl (C=O) groups is 5. The Bertz CT molecular complexity index is 2990. The number of hydrogen-bond donors (Lipinski definition) is 7. The van der Waals surface area contributed by atoms with Crippen LogP contribution in [-0.4, -0.2) is 113 Å². The summed E-state index contributed by atoms with van der Waals surface area (Å²) < 4.78 is 7.34. The predicted molar refractivity (Wildman–Crippen MR) is 294 cm³/mol. The fourth-order valence-corrected chi connectivity index (χ4v) is 9.84. The number of benzene rings is 2. The van der Waals surface area contributed by atoms with Crippen LogP contribution in [0, 0.1) is 12.3 Å². The van der Waals surface area contributed by atoms with E-state index in [0.29, 0.717) is 59.5 Å². The average Bonchev–Trinajstić information content (AvgIpc) is 4.20. The predicted octanol–water partition coefficient (Wildman–Crippen LogP) is 7.06. The van der Waals surface area contributed by atoms with E-state index in [9.17, 15) is 29.1 Å². The molecule has 7 rings (SSSR count). The van der Waals surface area contributed by atoms with Crippen LogP contribution in [0.3, 0.4) is 0 Å². The quantitative estimate of drug-likeness (QED) is 0.0299. The number of amides is 5. The van der Waals surface area contributed by atoms with Crippen molar-refractivity contribution in [3.05, 3.63) is 101 Å². The maximum absolute atomic E-state index is 14.1. The molecule has 1 fully saturated rings. The highest BCUT2D eigenvalue weighted by Crippen LogP contribution is 2.37. The van der Waals surface area contributed by atoms with Crippen molar-refractivity contribution >= 4 is 63.9 Å². The molecule has 77 heavy (non-hydrogen) atoms. The van der Waals surface area contributed by atoms with E-state index in [4.69, 9.17) is 4.74 Å². The lowest BCUT2D eigenvalue weighted by Crippen LogP contribution is -2.57. The molecule has 5 heterocycles. The molecule has 2 aromatic carbocycles. The van der Waals surface area contributed by atoms with Crippen LogP contribution in [0.2, 0.25) is 0 Å². The Morgan fingerprint density at radius 1 is 0.857 bits per heavy atom. The summed E-state index contributed by atoms with van der Waals surface area (Å²) in [5.41, 5.74) is 6.51. The van der Waals surface area contributed by atoms with Crippen molar-refractivity contribution in [2.24, 2.45) is 12.5 Å². The topological polar surface area (TPSA) is 272 Å². The molecule has 0 saturated carbocycles. The van der Waals surface area contributed by atoms with Crippen molar-refractivity contribution in [2.45, 2.75) is 123 Å². The molecule has 1 aliphatic heterocycles. The number of unbranched alkanes of at least 4 members (excludes halogenated alkanes) is 5. The maximum atomic E-state index is 14.1. The number of rotatable bonds is 24. The van der Waals surface area contributed by atoms with Crippen LogP contribution < -0.4 is 36.6 Å². The van der Waals surface area contributed by atoms with Gasteiger partial charge in [-0.05, 0) is 67.0 Å². The Morgan fingerprint density at radius 3 is 2.22 bits per heavy atom. The number of aliphatic hydroxyl groups is 1. The van der Waals surface area contributed by atoms with Gasteiger partial charge in [0.05, 0.1) is 52.3 Å². The first-order valence-corrected chi connectivity index (χ1v) is 26.8. The zero-order valence-corrected chi connectivity index (χ0v) is 45.8. The third-order valence-corrected chi connectivity index (χ3v) is 14.2. The van der Waals surface area contributed by atoms with Crippen molar-refractivity contribution < 1.29 is 33.8 Å². The van der Waals surface area contributed by atoms with E-state index in [1.54, 1.807) is 60.9 Å². The molecule has 4 atom stereocenters. The van der Waals surface area contributed by atoms with Gasteiger partial charge in [0.2, 0.25) is 23.6 Å². The smallest absolute Gasteiger partial charge is 0.273 e. The molecule has 1 aliphatic rings. The van der Waals surface area contributed by atoms with E-state index in [1.807, 2.05) is 82.6 Å². The number of nitrogens with one attached hydrogen (secondary N) is 6. The zero-order valence-electron chi connectivity index (χ0n) is 45.0. The van der Waals surface area contributed by atoms with Gasteiger partial charge >= 0.3 is 0 Å². The number of hydrogen-bond acceptors (Lipinski definition) is 16. The van der Waals surface area contributed by atoms with Crippen LogP contribution in [0.25, 0.3) is 21.8 Å². The Morgan fingerprint density at radius 2 is 1.58 bits per heavy atom. The molecule has 21 nitrogen and oxygen atoms in total. The van der Waals surface area contributed by atoms with Crippen molar-refractivity contribution in [2.75, 3.05) is 31.3 Å².